The van der Waals surface area contributed by atoms with Gasteiger partial charge in [-0.15, -0.1) is 0 Å². The summed E-state index contributed by atoms with van der Waals surface area (Å²) in [6.07, 6.45) is 1.59. The highest BCUT2D eigenvalue weighted by Gasteiger charge is 2.27. The number of amides is 2. The molecule has 0 atom stereocenters. The number of carboxylic acids is 1. The van der Waals surface area contributed by atoms with Crippen LogP contribution in [-0.4, -0.2) is 64.3 Å². The molecule has 1 aliphatic heterocycles. The second kappa shape index (κ2) is 7.33. The van der Waals surface area contributed by atoms with Gasteiger partial charge in [0.25, 0.3) is 0 Å². The molecule has 0 unspecified atom stereocenters. The van der Waals surface area contributed by atoms with Crippen LogP contribution in [0.1, 0.15) is 33.1 Å². The summed E-state index contributed by atoms with van der Waals surface area (Å²) in [5.74, 6) is -0.604. The van der Waals surface area contributed by atoms with Gasteiger partial charge in [0.2, 0.25) is 0 Å². The minimum Gasteiger partial charge on any atom is -0.481 e. The first-order valence-electron chi connectivity index (χ1n) is 6.84. The Kier molecular flexibility index (Phi) is 6.08. The van der Waals surface area contributed by atoms with E-state index in [0.29, 0.717) is 13.1 Å². The van der Waals surface area contributed by atoms with Crippen molar-refractivity contribution in [3.63, 3.8) is 0 Å². The number of aliphatic carboxylic acids is 1. The molecule has 19 heavy (non-hydrogen) atoms. The molecule has 1 saturated heterocycles. The molecule has 0 aliphatic carbocycles. The van der Waals surface area contributed by atoms with E-state index in [0.717, 1.165) is 12.8 Å². The lowest BCUT2D eigenvalue weighted by Gasteiger charge is -2.36. The molecular weight excluding hydrogens is 248 g/mol. The third kappa shape index (κ3) is 4.70. The Morgan fingerprint density at radius 3 is 2.32 bits per heavy atom. The molecule has 1 fully saturated rings. The number of nitrogens with zero attached hydrogens (tertiary/aromatic N) is 2. The standard InChI is InChI=1S/C13H24N2O4/c1-10(2)15(8-5-12(17)18)13(19)14-6-3-11(9-16)4-7-14/h10-11,16H,3-9H2,1-2H3,(H,17,18). The van der Waals surface area contributed by atoms with Crippen LogP contribution in [0, 0.1) is 5.92 Å². The summed E-state index contributed by atoms with van der Waals surface area (Å²) in [6.45, 7) is 5.47. The fourth-order valence-electron chi connectivity index (χ4n) is 2.28. The molecule has 1 heterocycles. The molecule has 0 radical (unpaired) electrons. The van der Waals surface area contributed by atoms with Crippen molar-refractivity contribution < 1.29 is 19.8 Å². The van der Waals surface area contributed by atoms with E-state index in [4.69, 9.17) is 10.2 Å². The summed E-state index contributed by atoms with van der Waals surface area (Å²) < 4.78 is 0. The number of carbonyl (C=O) groups excluding carboxylic acids is 1. The van der Waals surface area contributed by atoms with E-state index in [1.54, 1.807) is 9.80 Å². The van der Waals surface area contributed by atoms with Gasteiger partial charge in [-0.05, 0) is 32.6 Å². The highest BCUT2D eigenvalue weighted by Crippen LogP contribution is 2.18. The molecule has 1 rings (SSSR count). The fourth-order valence-corrected chi connectivity index (χ4v) is 2.28. The molecule has 0 aromatic carbocycles. The van der Waals surface area contributed by atoms with Crippen molar-refractivity contribution in [2.75, 3.05) is 26.2 Å². The van der Waals surface area contributed by atoms with Crippen LogP contribution in [0.5, 0.6) is 0 Å². The largest absolute Gasteiger partial charge is 0.481 e. The van der Waals surface area contributed by atoms with Gasteiger partial charge in [0.1, 0.15) is 0 Å². The van der Waals surface area contributed by atoms with Gasteiger partial charge in [-0.25, -0.2) is 4.79 Å². The number of hydrogen-bond donors (Lipinski definition) is 2. The first-order valence-corrected chi connectivity index (χ1v) is 6.84. The van der Waals surface area contributed by atoms with Crippen molar-refractivity contribution in [2.24, 2.45) is 5.92 Å². The number of carboxylic acid groups (broad SMARTS) is 1. The lowest BCUT2D eigenvalue weighted by atomic mass is 9.98. The minimum atomic E-state index is -0.891. The molecule has 0 aromatic heterocycles. The van der Waals surface area contributed by atoms with E-state index in [1.165, 1.54) is 0 Å². The monoisotopic (exact) mass is 272 g/mol. The maximum Gasteiger partial charge on any atom is 0.320 e. The predicted octanol–water partition coefficient (Wildman–Crippen LogP) is 0.996. The van der Waals surface area contributed by atoms with Gasteiger partial charge in [-0.1, -0.05) is 0 Å². The van der Waals surface area contributed by atoms with Gasteiger partial charge in [0.05, 0.1) is 6.42 Å². The van der Waals surface area contributed by atoms with Gasteiger partial charge < -0.3 is 20.0 Å². The van der Waals surface area contributed by atoms with Crippen LogP contribution in [0.25, 0.3) is 0 Å². The Hall–Kier alpha value is -1.30. The van der Waals surface area contributed by atoms with Crippen molar-refractivity contribution in [3.8, 4) is 0 Å². The molecule has 6 heteroatoms. The first kappa shape index (κ1) is 15.8. The van der Waals surface area contributed by atoms with Crippen molar-refractivity contribution in [1.29, 1.82) is 0 Å². The zero-order chi connectivity index (χ0) is 14.4. The van der Waals surface area contributed by atoms with Crippen molar-refractivity contribution in [1.82, 2.24) is 9.80 Å². The van der Waals surface area contributed by atoms with E-state index in [2.05, 4.69) is 0 Å². The molecular formula is C13H24N2O4. The Balaban J connectivity index is 2.54. The van der Waals surface area contributed by atoms with Crippen LogP contribution in [-0.2, 0) is 4.79 Å². The normalized spacial score (nSPS) is 16.7. The minimum absolute atomic E-state index is 0.0117. The summed E-state index contributed by atoms with van der Waals surface area (Å²) in [7, 11) is 0. The maximum atomic E-state index is 12.3. The summed E-state index contributed by atoms with van der Waals surface area (Å²) in [5.41, 5.74) is 0. The summed E-state index contributed by atoms with van der Waals surface area (Å²) in [6, 6.07) is -0.102. The number of piperidine rings is 1. The molecule has 0 saturated carbocycles. The number of likely N-dealkylation sites (tertiary alicyclic amines) is 1. The van der Waals surface area contributed by atoms with Crippen LogP contribution in [0.4, 0.5) is 4.79 Å². The number of hydrogen-bond acceptors (Lipinski definition) is 3. The number of aliphatic hydroxyl groups excluding tert-OH is 1. The molecule has 0 aromatic rings. The van der Waals surface area contributed by atoms with Gasteiger partial charge in [-0.2, -0.15) is 0 Å². The Labute approximate surface area is 114 Å². The topological polar surface area (TPSA) is 81.1 Å². The molecule has 0 bridgehead atoms. The summed E-state index contributed by atoms with van der Waals surface area (Å²) in [4.78, 5) is 26.3. The lowest BCUT2D eigenvalue weighted by Crippen LogP contribution is -2.50. The van der Waals surface area contributed by atoms with Crippen LogP contribution in [0.2, 0.25) is 0 Å². The zero-order valence-corrected chi connectivity index (χ0v) is 11.7. The highest BCUT2D eigenvalue weighted by atomic mass is 16.4. The van der Waals surface area contributed by atoms with Crippen LogP contribution in [0.3, 0.4) is 0 Å². The average Bonchev–Trinajstić information content (AvgIpc) is 2.38. The zero-order valence-electron chi connectivity index (χ0n) is 11.7. The van der Waals surface area contributed by atoms with Crippen molar-refractivity contribution in [2.45, 2.75) is 39.2 Å². The lowest BCUT2D eigenvalue weighted by molar-refractivity contribution is -0.137. The number of rotatable bonds is 5. The van der Waals surface area contributed by atoms with Gasteiger partial charge in [0.15, 0.2) is 0 Å². The SMILES string of the molecule is CC(C)N(CCC(=O)O)C(=O)N1CCC(CO)CC1. The van der Waals surface area contributed by atoms with Gasteiger partial charge >= 0.3 is 12.0 Å². The van der Waals surface area contributed by atoms with Crippen LogP contribution < -0.4 is 0 Å². The number of carbonyl (C=O) groups is 2. The molecule has 2 N–H and O–H groups in total. The summed E-state index contributed by atoms with van der Waals surface area (Å²) >= 11 is 0. The molecule has 6 nitrogen and oxygen atoms in total. The Morgan fingerprint density at radius 1 is 1.32 bits per heavy atom. The summed E-state index contributed by atoms with van der Waals surface area (Å²) in [5, 5.41) is 17.8. The quantitative estimate of drug-likeness (QED) is 0.782. The number of aliphatic hydroxyl groups is 1. The van der Waals surface area contributed by atoms with E-state index < -0.39 is 5.97 Å². The molecule has 2 amide bonds. The van der Waals surface area contributed by atoms with Crippen LogP contribution >= 0.6 is 0 Å². The predicted molar refractivity (Wildman–Crippen MR) is 70.9 cm³/mol. The Morgan fingerprint density at radius 2 is 1.89 bits per heavy atom. The Bertz CT molecular complexity index is 312. The van der Waals surface area contributed by atoms with E-state index in [-0.39, 0.29) is 37.6 Å². The highest BCUT2D eigenvalue weighted by molar-refractivity contribution is 5.76. The van der Waals surface area contributed by atoms with E-state index in [1.807, 2.05) is 13.8 Å². The third-order valence-electron chi connectivity index (χ3n) is 3.58. The first-order chi connectivity index (χ1) is 8.95. The van der Waals surface area contributed by atoms with Gasteiger partial charge in [0, 0.05) is 32.3 Å². The maximum absolute atomic E-state index is 12.3. The average molecular weight is 272 g/mol. The van der Waals surface area contributed by atoms with E-state index in [9.17, 15) is 9.59 Å². The van der Waals surface area contributed by atoms with E-state index >= 15 is 0 Å². The van der Waals surface area contributed by atoms with Crippen molar-refractivity contribution in [3.05, 3.63) is 0 Å². The second-order valence-corrected chi connectivity index (χ2v) is 5.33. The molecule has 0 spiro atoms. The van der Waals surface area contributed by atoms with Crippen molar-refractivity contribution >= 4 is 12.0 Å². The van der Waals surface area contributed by atoms with Gasteiger partial charge in [-0.3, -0.25) is 4.79 Å². The number of urea groups is 1. The molecule has 110 valence electrons. The van der Waals surface area contributed by atoms with Crippen LogP contribution in [0.15, 0.2) is 0 Å². The smallest absolute Gasteiger partial charge is 0.320 e. The second-order valence-electron chi connectivity index (χ2n) is 5.33. The fraction of sp³-hybridized carbons (Fsp3) is 0.846. The molecule has 1 aliphatic rings. The third-order valence-corrected chi connectivity index (χ3v) is 3.58.